The van der Waals surface area contributed by atoms with Crippen LogP contribution >= 0.6 is 0 Å². The number of aromatic nitrogens is 1. The number of pyridine rings is 1. The van der Waals surface area contributed by atoms with Gasteiger partial charge in [0.15, 0.2) is 0 Å². The van der Waals surface area contributed by atoms with Gasteiger partial charge < -0.3 is 14.8 Å². The third kappa shape index (κ3) is 2.15. The highest BCUT2D eigenvalue weighted by Gasteiger charge is 2.21. The molecule has 0 spiro atoms. The summed E-state index contributed by atoms with van der Waals surface area (Å²) in [5.41, 5.74) is 1.13. The number of nitrogens with zero attached hydrogens (tertiary/aromatic N) is 2. The number of carbonyl (C=O) groups is 1. The van der Waals surface area contributed by atoms with Gasteiger partial charge in [-0.1, -0.05) is 6.07 Å². The first-order valence-electron chi connectivity index (χ1n) is 5.56. The van der Waals surface area contributed by atoms with Gasteiger partial charge in [0.25, 0.3) is 0 Å². The molecule has 86 valence electrons. The molecule has 0 radical (unpaired) electrons. The van der Waals surface area contributed by atoms with Crippen molar-refractivity contribution in [2.45, 2.75) is 19.8 Å². The number of carboxylic acid groups (broad SMARTS) is 1. The van der Waals surface area contributed by atoms with Crippen LogP contribution in [0, 0.1) is 12.8 Å². The summed E-state index contributed by atoms with van der Waals surface area (Å²) in [5, 5.41) is 10.7. The van der Waals surface area contributed by atoms with E-state index in [1.807, 2.05) is 19.1 Å². The lowest BCUT2D eigenvalue weighted by Crippen LogP contribution is -2.41. The van der Waals surface area contributed by atoms with Crippen LogP contribution in [0.15, 0.2) is 18.3 Å². The monoisotopic (exact) mass is 219 g/mol. The van der Waals surface area contributed by atoms with Crippen molar-refractivity contribution < 1.29 is 9.90 Å². The van der Waals surface area contributed by atoms with E-state index in [0.29, 0.717) is 12.8 Å². The van der Waals surface area contributed by atoms with Crippen molar-refractivity contribution in [3.05, 3.63) is 23.9 Å². The van der Waals surface area contributed by atoms with E-state index in [2.05, 4.69) is 9.88 Å². The molecule has 0 aromatic carbocycles. The molecule has 1 aliphatic rings. The molecular formula is C12H15N2O2-. The highest BCUT2D eigenvalue weighted by Crippen LogP contribution is 2.23. The Bertz CT molecular complexity index is 384. The molecule has 0 unspecified atom stereocenters. The first kappa shape index (κ1) is 10.9. The molecule has 4 nitrogen and oxygen atoms in total. The molecule has 0 bridgehead atoms. The third-order valence-electron chi connectivity index (χ3n) is 3.11. The summed E-state index contributed by atoms with van der Waals surface area (Å²) < 4.78 is 0. The maximum absolute atomic E-state index is 10.7. The van der Waals surface area contributed by atoms with Gasteiger partial charge in [-0.05, 0) is 31.4 Å². The molecule has 2 heterocycles. The van der Waals surface area contributed by atoms with Crippen LogP contribution < -0.4 is 10.0 Å². The minimum Gasteiger partial charge on any atom is -0.550 e. The maximum atomic E-state index is 10.7. The van der Waals surface area contributed by atoms with Gasteiger partial charge in [0.1, 0.15) is 5.82 Å². The number of anilines is 1. The molecule has 4 heteroatoms. The number of carbonyl (C=O) groups excluding carboxylic acids is 1. The van der Waals surface area contributed by atoms with Crippen LogP contribution in [0.2, 0.25) is 0 Å². The molecule has 0 saturated carbocycles. The SMILES string of the molecule is Cc1cccnc1N1CCC(C(=O)[O-])CC1. The van der Waals surface area contributed by atoms with Crippen molar-refractivity contribution in [3.8, 4) is 0 Å². The Labute approximate surface area is 94.9 Å². The van der Waals surface area contributed by atoms with E-state index < -0.39 is 5.97 Å². The van der Waals surface area contributed by atoms with Gasteiger partial charge in [-0.25, -0.2) is 4.98 Å². The number of rotatable bonds is 2. The standard InChI is InChI=1S/C12H16N2O2/c1-9-3-2-6-13-11(9)14-7-4-10(5-8-14)12(15)16/h2-3,6,10H,4-5,7-8H2,1H3,(H,15,16)/p-1. The van der Waals surface area contributed by atoms with Gasteiger partial charge in [-0.3, -0.25) is 0 Å². The summed E-state index contributed by atoms with van der Waals surface area (Å²) in [6.07, 6.45) is 3.07. The molecule has 1 fully saturated rings. The lowest BCUT2D eigenvalue weighted by molar-refractivity contribution is -0.312. The minimum absolute atomic E-state index is 0.291. The van der Waals surface area contributed by atoms with Crippen LogP contribution in [0.5, 0.6) is 0 Å². The number of piperidine rings is 1. The number of carboxylic acids is 1. The summed E-state index contributed by atoms with van der Waals surface area (Å²) in [6.45, 7) is 3.51. The lowest BCUT2D eigenvalue weighted by atomic mass is 9.97. The maximum Gasteiger partial charge on any atom is 0.131 e. The van der Waals surface area contributed by atoms with Gasteiger partial charge in [0.05, 0.1) is 0 Å². The molecule has 0 atom stereocenters. The van der Waals surface area contributed by atoms with Gasteiger partial charge in [0, 0.05) is 31.2 Å². The van der Waals surface area contributed by atoms with Crippen LogP contribution in [0.25, 0.3) is 0 Å². The highest BCUT2D eigenvalue weighted by molar-refractivity contribution is 5.68. The highest BCUT2D eigenvalue weighted by atomic mass is 16.4. The molecule has 0 aliphatic carbocycles. The average Bonchev–Trinajstić information content (AvgIpc) is 2.30. The van der Waals surface area contributed by atoms with Gasteiger partial charge in [-0.2, -0.15) is 0 Å². The Morgan fingerprint density at radius 2 is 2.19 bits per heavy atom. The topological polar surface area (TPSA) is 56.3 Å². The molecule has 1 aromatic heterocycles. The first-order chi connectivity index (χ1) is 7.68. The van der Waals surface area contributed by atoms with Crippen molar-refractivity contribution >= 4 is 11.8 Å². The second-order valence-electron chi connectivity index (χ2n) is 4.22. The largest absolute Gasteiger partial charge is 0.550 e. The molecule has 0 amide bonds. The Hall–Kier alpha value is -1.58. The molecule has 16 heavy (non-hydrogen) atoms. The Kier molecular flexibility index (Phi) is 3.08. The average molecular weight is 219 g/mol. The van der Waals surface area contributed by atoms with Crippen LogP contribution in [0.4, 0.5) is 5.82 Å². The van der Waals surface area contributed by atoms with Crippen LogP contribution in [-0.4, -0.2) is 24.0 Å². The second kappa shape index (κ2) is 4.51. The molecule has 1 saturated heterocycles. The van der Waals surface area contributed by atoms with E-state index in [1.165, 1.54) is 0 Å². The molecule has 0 N–H and O–H groups in total. The zero-order valence-electron chi connectivity index (χ0n) is 9.35. The fraction of sp³-hybridized carbons (Fsp3) is 0.500. The summed E-state index contributed by atoms with van der Waals surface area (Å²) in [7, 11) is 0. The summed E-state index contributed by atoms with van der Waals surface area (Å²) in [4.78, 5) is 17.2. The minimum atomic E-state index is -0.919. The predicted molar refractivity (Wildman–Crippen MR) is 58.9 cm³/mol. The molecule has 1 aromatic rings. The van der Waals surface area contributed by atoms with E-state index in [9.17, 15) is 9.90 Å². The fourth-order valence-electron chi connectivity index (χ4n) is 2.14. The summed E-state index contributed by atoms with van der Waals surface area (Å²) >= 11 is 0. The van der Waals surface area contributed by atoms with Crippen molar-refractivity contribution in [3.63, 3.8) is 0 Å². The van der Waals surface area contributed by atoms with Gasteiger partial charge >= 0.3 is 0 Å². The first-order valence-corrected chi connectivity index (χ1v) is 5.56. The van der Waals surface area contributed by atoms with Crippen molar-refractivity contribution in [2.75, 3.05) is 18.0 Å². The normalized spacial score (nSPS) is 17.4. The van der Waals surface area contributed by atoms with Gasteiger partial charge in [0.2, 0.25) is 0 Å². The third-order valence-corrected chi connectivity index (χ3v) is 3.11. The van der Waals surface area contributed by atoms with Crippen molar-refractivity contribution in [1.82, 2.24) is 4.98 Å². The van der Waals surface area contributed by atoms with Gasteiger partial charge in [-0.15, -0.1) is 0 Å². The molecule has 1 aliphatic heterocycles. The summed E-state index contributed by atoms with van der Waals surface area (Å²) in [5.74, 6) is -0.239. The quantitative estimate of drug-likeness (QED) is 0.720. The fourth-order valence-corrected chi connectivity index (χ4v) is 2.14. The van der Waals surface area contributed by atoms with Crippen LogP contribution in [0.1, 0.15) is 18.4 Å². The zero-order valence-corrected chi connectivity index (χ0v) is 9.35. The van der Waals surface area contributed by atoms with Crippen molar-refractivity contribution in [2.24, 2.45) is 5.92 Å². The Balaban J connectivity index is 2.05. The van der Waals surface area contributed by atoms with Crippen LogP contribution in [0.3, 0.4) is 0 Å². The summed E-state index contributed by atoms with van der Waals surface area (Å²) in [6, 6.07) is 3.93. The Morgan fingerprint density at radius 1 is 1.50 bits per heavy atom. The number of hydrogen-bond donors (Lipinski definition) is 0. The molecular weight excluding hydrogens is 204 g/mol. The van der Waals surface area contributed by atoms with E-state index in [-0.39, 0.29) is 5.92 Å². The van der Waals surface area contributed by atoms with Crippen molar-refractivity contribution in [1.29, 1.82) is 0 Å². The lowest BCUT2D eigenvalue weighted by Gasteiger charge is -2.33. The molecule has 2 rings (SSSR count). The predicted octanol–water partition coefficient (Wildman–Crippen LogP) is 0.356. The van der Waals surface area contributed by atoms with E-state index in [4.69, 9.17) is 0 Å². The van der Waals surface area contributed by atoms with Crippen LogP contribution in [-0.2, 0) is 4.79 Å². The number of aryl methyl sites for hydroxylation is 1. The number of aliphatic carboxylic acids is 1. The van der Waals surface area contributed by atoms with E-state index >= 15 is 0 Å². The Morgan fingerprint density at radius 3 is 2.75 bits per heavy atom. The smallest absolute Gasteiger partial charge is 0.131 e. The number of hydrogen-bond acceptors (Lipinski definition) is 4. The zero-order chi connectivity index (χ0) is 11.5. The van der Waals surface area contributed by atoms with E-state index in [0.717, 1.165) is 24.5 Å². The second-order valence-corrected chi connectivity index (χ2v) is 4.22. The van der Waals surface area contributed by atoms with E-state index in [1.54, 1.807) is 6.20 Å².